The minimum atomic E-state index is 0.579. The van der Waals surface area contributed by atoms with Gasteiger partial charge >= 0.3 is 0 Å². The second kappa shape index (κ2) is 6.61. The van der Waals surface area contributed by atoms with Crippen LogP contribution in [0, 0.1) is 0 Å². The first-order chi connectivity index (χ1) is 12.2. The maximum Gasteiger partial charge on any atom is 0.227 e. The average Bonchev–Trinajstić information content (AvgIpc) is 2.82. The molecular formula is C19H16ClN3O2. The van der Waals surface area contributed by atoms with Crippen LogP contribution in [0.2, 0.25) is 5.02 Å². The van der Waals surface area contributed by atoms with Crippen molar-refractivity contribution in [2.45, 2.75) is 12.8 Å². The zero-order valence-electron chi connectivity index (χ0n) is 13.6. The molecule has 1 N–H and O–H groups in total. The summed E-state index contributed by atoms with van der Waals surface area (Å²) in [5.41, 5.74) is 2.95. The van der Waals surface area contributed by atoms with Gasteiger partial charge in [0, 0.05) is 10.7 Å². The van der Waals surface area contributed by atoms with E-state index in [9.17, 15) is 0 Å². The Labute approximate surface area is 150 Å². The molecule has 1 aromatic heterocycles. The van der Waals surface area contributed by atoms with Crippen molar-refractivity contribution in [3.63, 3.8) is 0 Å². The standard InChI is InChI=1S/C19H16ClN3O2/c1-24-15-7-9-17-12(10-15)2-8-16-18(21-11-22-19(16)25-17)23-14-5-3-13(20)4-6-14/h3-7,9-11H,2,8H2,1H3,(H,21,22,23). The van der Waals surface area contributed by atoms with Crippen molar-refractivity contribution in [1.29, 1.82) is 0 Å². The molecule has 25 heavy (non-hydrogen) atoms. The Kier molecular flexibility index (Phi) is 4.15. The van der Waals surface area contributed by atoms with E-state index in [1.165, 1.54) is 6.33 Å². The summed E-state index contributed by atoms with van der Waals surface area (Å²) >= 11 is 5.94. The van der Waals surface area contributed by atoms with Crippen LogP contribution < -0.4 is 14.8 Å². The van der Waals surface area contributed by atoms with Crippen molar-refractivity contribution in [2.75, 3.05) is 12.4 Å². The van der Waals surface area contributed by atoms with E-state index in [1.54, 1.807) is 7.11 Å². The number of nitrogens with zero attached hydrogens (tertiary/aromatic N) is 2. The van der Waals surface area contributed by atoms with E-state index < -0.39 is 0 Å². The first-order valence-electron chi connectivity index (χ1n) is 7.94. The number of rotatable bonds is 3. The third kappa shape index (κ3) is 3.23. The first-order valence-corrected chi connectivity index (χ1v) is 8.32. The zero-order chi connectivity index (χ0) is 17.2. The second-order valence-corrected chi connectivity index (χ2v) is 6.15. The van der Waals surface area contributed by atoms with Crippen LogP contribution in [0.15, 0.2) is 48.8 Å². The van der Waals surface area contributed by atoms with Gasteiger partial charge in [-0.2, -0.15) is 0 Å². The Balaban J connectivity index is 1.66. The van der Waals surface area contributed by atoms with Crippen LogP contribution in [0.5, 0.6) is 17.4 Å². The molecule has 0 unspecified atom stereocenters. The topological polar surface area (TPSA) is 56.3 Å². The minimum Gasteiger partial charge on any atom is -0.497 e. The molecule has 0 amide bonds. The Morgan fingerprint density at radius 1 is 1.08 bits per heavy atom. The molecule has 4 rings (SSSR count). The lowest BCUT2D eigenvalue weighted by molar-refractivity contribution is 0.411. The SMILES string of the molecule is COc1ccc2c(c1)CCc1c(Nc3ccc(Cl)cc3)ncnc1O2. The minimum absolute atomic E-state index is 0.579. The summed E-state index contributed by atoms with van der Waals surface area (Å²) in [5, 5.41) is 4.02. The number of fused-ring (bicyclic) bond motifs is 2. The number of hydrogen-bond donors (Lipinski definition) is 1. The van der Waals surface area contributed by atoms with E-state index >= 15 is 0 Å². The molecule has 0 fully saturated rings. The van der Waals surface area contributed by atoms with Crippen molar-refractivity contribution >= 4 is 23.1 Å². The van der Waals surface area contributed by atoms with Crippen molar-refractivity contribution in [1.82, 2.24) is 9.97 Å². The quantitative estimate of drug-likeness (QED) is 0.734. The number of aromatic nitrogens is 2. The first kappa shape index (κ1) is 15.7. The van der Waals surface area contributed by atoms with Crippen LogP contribution in [0.4, 0.5) is 11.5 Å². The molecule has 0 spiro atoms. The maximum absolute atomic E-state index is 6.03. The summed E-state index contributed by atoms with van der Waals surface area (Å²) in [6.45, 7) is 0. The predicted octanol–water partition coefficient (Wildman–Crippen LogP) is 4.77. The van der Waals surface area contributed by atoms with E-state index in [1.807, 2.05) is 42.5 Å². The number of hydrogen-bond acceptors (Lipinski definition) is 5. The lowest BCUT2D eigenvalue weighted by Crippen LogP contribution is -2.02. The van der Waals surface area contributed by atoms with Crippen LogP contribution in [-0.2, 0) is 12.8 Å². The molecule has 2 aromatic carbocycles. The highest BCUT2D eigenvalue weighted by Gasteiger charge is 2.20. The van der Waals surface area contributed by atoms with Gasteiger partial charge in [0.05, 0.1) is 12.7 Å². The van der Waals surface area contributed by atoms with Gasteiger partial charge in [0.1, 0.15) is 23.6 Å². The molecule has 2 heterocycles. The van der Waals surface area contributed by atoms with Gasteiger partial charge in [-0.3, -0.25) is 0 Å². The molecule has 0 bridgehead atoms. The van der Waals surface area contributed by atoms with Gasteiger partial charge in [-0.05, 0) is 60.9 Å². The van der Waals surface area contributed by atoms with Gasteiger partial charge in [0.2, 0.25) is 5.88 Å². The van der Waals surface area contributed by atoms with Crippen molar-refractivity contribution in [3.8, 4) is 17.4 Å². The number of ether oxygens (including phenoxy) is 2. The summed E-state index contributed by atoms with van der Waals surface area (Å²) in [6, 6.07) is 13.3. The molecule has 1 aliphatic rings. The van der Waals surface area contributed by atoms with Gasteiger partial charge in [0.25, 0.3) is 0 Å². The number of methoxy groups -OCH3 is 1. The van der Waals surface area contributed by atoms with Crippen LogP contribution in [0.25, 0.3) is 0 Å². The van der Waals surface area contributed by atoms with Crippen LogP contribution in [0.3, 0.4) is 0 Å². The molecule has 126 valence electrons. The molecular weight excluding hydrogens is 338 g/mol. The van der Waals surface area contributed by atoms with E-state index in [-0.39, 0.29) is 0 Å². The summed E-state index contributed by atoms with van der Waals surface area (Å²) in [5.74, 6) is 2.94. The smallest absolute Gasteiger partial charge is 0.227 e. The van der Waals surface area contributed by atoms with E-state index in [4.69, 9.17) is 21.1 Å². The van der Waals surface area contributed by atoms with Gasteiger partial charge in [-0.1, -0.05) is 11.6 Å². The third-order valence-electron chi connectivity index (χ3n) is 4.13. The highest BCUT2D eigenvalue weighted by Crippen LogP contribution is 2.37. The third-order valence-corrected chi connectivity index (χ3v) is 4.38. The molecule has 0 saturated carbocycles. The highest BCUT2D eigenvalue weighted by atomic mass is 35.5. The Morgan fingerprint density at radius 3 is 2.72 bits per heavy atom. The molecule has 6 heteroatoms. The van der Waals surface area contributed by atoms with Crippen LogP contribution in [0.1, 0.15) is 11.1 Å². The van der Waals surface area contributed by atoms with Gasteiger partial charge < -0.3 is 14.8 Å². The number of benzene rings is 2. The van der Waals surface area contributed by atoms with E-state index in [2.05, 4.69) is 15.3 Å². The predicted molar refractivity (Wildman–Crippen MR) is 97.2 cm³/mol. The van der Waals surface area contributed by atoms with Crippen LogP contribution in [-0.4, -0.2) is 17.1 Å². The average molecular weight is 354 g/mol. The fourth-order valence-electron chi connectivity index (χ4n) is 2.83. The maximum atomic E-state index is 6.03. The Bertz CT molecular complexity index is 913. The molecule has 5 nitrogen and oxygen atoms in total. The van der Waals surface area contributed by atoms with Gasteiger partial charge in [-0.15, -0.1) is 0 Å². The molecule has 3 aromatic rings. The lowest BCUT2D eigenvalue weighted by Gasteiger charge is -2.12. The largest absolute Gasteiger partial charge is 0.497 e. The van der Waals surface area contributed by atoms with Crippen molar-refractivity contribution < 1.29 is 9.47 Å². The summed E-state index contributed by atoms with van der Waals surface area (Å²) < 4.78 is 11.3. The fraction of sp³-hybridized carbons (Fsp3) is 0.158. The summed E-state index contributed by atoms with van der Waals surface area (Å²) in [4.78, 5) is 8.70. The molecule has 0 radical (unpaired) electrons. The second-order valence-electron chi connectivity index (χ2n) is 5.71. The fourth-order valence-corrected chi connectivity index (χ4v) is 2.95. The number of nitrogens with one attached hydrogen (secondary N) is 1. The molecule has 0 saturated heterocycles. The number of aryl methyl sites for hydroxylation is 1. The van der Waals surface area contributed by atoms with Crippen molar-refractivity contribution in [2.24, 2.45) is 0 Å². The Hall–Kier alpha value is -2.79. The monoisotopic (exact) mass is 353 g/mol. The Morgan fingerprint density at radius 2 is 1.92 bits per heavy atom. The molecule has 0 atom stereocenters. The lowest BCUT2D eigenvalue weighted by atomic mass is 10.1. The van der Waals surface area contributed by atoms with Gasteiger partial charge in [0.15, 0.2) is 0 Å². The van der Waals surface area contributed by atoms with Gasteiger partial charge in [-0.25, -0.2) is 9.97 Å². The summed E-state index contributed by atoms with van der Waals surface area (Å²) in [7, 11) is 1.66. The molecule has 1 aliphatic heterocycles. The number of anilines is 2. The molecule has 0 aliphatic carbocycles. The highest BCUT2D eigenvalue weighted by molar-refractivity contribution is 6.30. The van der Waals surface area contributed by atoms with Crippen LogP contribution >= 0.6 is 11.6 Å². The summed E-state index contributed by atoms with van der Waals surface area (Å²) in [6.07, 6.45) is 3.10. The van der Waals surface area contributed by atoms with E-state index in [0.29, 0.717) is 10.9 Å². The van der Waals surface area contributed by atoms with Crippen molar-refractivity contribution in [3.05, 3.63) is 64.9 Å². The van der Waals surface area contributed by atoms with E-state index in [0.717, 1.165) is 47.0 Å². The number of halogens is 1. The zero-order valence-corrected chi connectivity index (χ0v) is 14.4. The normalized spacial score (nSPS) is 12.4.